The number of carbonyl (C=O) groups is 1. The molecule has 2 atom stereocenters. The molecule has 1 N–H and O–H groups in total. The number of hydrogen-bond acceptors (Lipinski definition) is 4. The number of likely N-dealkylation sites (tertiary alicyclic amines) is 1. The predicted molar refractivity (Wildman–Crippen MR) is 81.7 cm³/mol. The van der Waals surface area contributed by atoms with Crippen molar-refractivity contribution in [3.63, 3.8) is 0 Å². The van der Waals surface area contributed by atoms with Crippen LogP contribution in [-0.4, -0.2) is 50.1 Å². The molecule has 2 aromatic rings. The zero-order valence-corrected chi connectivity index (χ0v) is 12.6. The fourth-order valence-electron chi connectivity index (χ4n) is 2.87. The summed E-state index contributed by atoms with van der Waals surface area (Å²) in [7, 11) is 0. The average molecular weight is 300 g/mol. The van der Waals surface area contributed by atoms with Gasteiger partial charge in [0.25, 0.3) is 5.91 Å². The number of amides is 1. The number of aliphatic hydroxyl groups is 1. The van der Waals surface area contributed by atoms with Gasteiger partial charge in [0, 0.05) is 24.6 Å². The van der Waals surface area contributed by atoms with Crippen molar-refractivity contribution in [2.45, 2.75) is 25.9 Å². The highest BCUT2D eigenvalue weighted by molar-refractivity contribution is 5.94. The number of aromatic nitrogens is 3. The van der Waals surface area contributed by atoms with Crippen molar-refractivity contribution in [1.29, 1.82) is 0 Å². The molecule has 1 aromatic heterocycles. The number of carbonyl (C=O) groups excluding carboxylic acids is 1. The highest BCUT2D eigenvalue weighted by atomic mass is 16.3. The van der Waals surface area contributed by atoms with E-state index in [-0.39, 0.29) is 17.9 Å². The Morgan fingerprint density at radius 3 is 2.77 bits per heavy atom. The molecule has 2 heterocycles. The lowest BCUT2D eigenvalue weighted by Crippen LogP contribution is -2.42. The molecule has 1 aliphatic rings. The summed E-state index contributed by atoms with van der Waals surface area (Å²) in [6.45, 7) is 3.18. The first-order chi connectivity index (χ1) is 10.6. The Bertz CT molecular complexity index is 622. The number of nitrogens with zero attached hydrogens (tertiary/aromatic N) is 4. The van der Waals surface area contributed by atoms with Crippen LogP contribution in [0.25, 0.3) is 5.69 Å². The molecule has 22 heavy (non-hydrogen) atoms. The van der Waals surface area contributed by atoms with Crippen molar-refractivity contribution in [3.8, 4) is 5.69 Å². The van der Waals surface area contributed by atoms with Crippen LogP contribution in [0.4, 0.5) is 0 Å². The predicted octanol–water partition coefficient (Wildman–Crippen LogP) is 1.50. The summed E-state index contributed by atoms with van der Waals surface area (Å²) in [5, 5.41) is 17.4. The maximum absolute atomic E-state index is 12.6. The molecule has 0 bridgehead atoms. The van der Waals surface area contributed by atoms with Gasteiger partial charge in [0.2, 0.25) is 0 Å². The quantitative estimate of drug-likeness (QED) is 0.932. The molecule has 3 rings (SSSR count). The smallest absolute Gasteiger partial charge is 0.253 e. The summed E-state index contributed by atoms with van der Waals surface area (Å²) in [6, 6.07) is 7.34. The maximum Gasteiger partial charge on any atom is 0.253 e. The monoisotopic (exact) mass is 300 g/mol. The minimum Gasteiger partial charge on any atom is -0.393 e. The van der Waals surface area contributed by atoms with E-state index in [4.69, 9.17) is 0 Å². The van der Waals surface area contributed by atoms with Crippen molar-refractivity contribution < 1.29 is 9.90 Å². The second-order valence-electron chi connectivity index (χ2n) is 5.79. The Labute approximate surface area is 129 Å². The second kappa shape index (κ2) is 6.27. The summed E-state index contributed by atoms with van der Waals surface area (Å²) in [5.74, 6) is 0.197. The number of benzene rings is 1. The summed E-state index contributed by atoms with van der Waals surface area (Å²) in [5.41, 5.74) is 1.53. The molecule has 1 aliphatic heterocycles. The molecule has 1 amide bonds. The Morgan fingerprint density at radius 1 is 1.36 bits per heavy atom. The SMILES string of the molecule is CC(O)C1CCCN(C(=O)c2ccc(-n3ccnn3)cc2)C1. The van der Waals surface area contributed by atoms with E-state index in [1.54, 1.807) is 24.0 Å². The third-order valence-corrected chi connectivity index (χ3v) is 4.23. The minimum atomic E-state index is -0.370. The molecular formula is C16H20N4O2. The molecule has 0 radical (unpaired) electrons. The zero-order chi connectivity index (χ0) is 15.5. The normalized spacial score (nSPS) is 19.9. The van der Waals surface area contributed by atoms with Crippen molar-refractivity contribution in [3.05, 3.63) is 42.2 Å². The van der Waals surface area contributed by atoms with Gasteiger partial charge in [0.05, 0.1) is 24.2 Å². The minimum absolute atomic E-state index is 0.0236. The van der Waals surface area contributed by atoms with Crippen LogP contribution < -0.4 is 0 Å². The summed E-state index contributed by atoms with van der Waals surface area (Å²) in [6.07, 6.45) is 4.92. The zero-order valence-electron chi connectivity index (χ0n) is 12.6. The van der Waals surface area contributed by atoms with Gasteiger partial charge in [-0.05, 0) is 44.0 Å². The van der Waals surface area contributed by atoms with Gasteiger partial charge in [-0.2, -0.15) is 0 Å². The van der Waals surface area contributed by atoms with Crippen LogP contribution in [0.3, 0.4) is 0 Å². The highest BCUT2D eigenvalue weighted by Gasteiger charge is 2.26. The Kier molecular flexibility index (Phi) is 4.20. The van der Waals surface area contributed by atoms with Crippen molar-refractivity contribution >= 4 is 5.91 Å². The van der Waals surface area contributed by atoms with E-state index in [1.165, 1.54) is 0 Å². The van der Waals surface area contributed by atoms with Crippen LogP contribution >= 0.6 is 0 Å². The van der Waals surface area contributed by atoms with Crippen molar-refractivity contribution in [2.75, 3.05) is 13.1 Å². The largest absolute Gasteiger partial charge is 0.393 e. The van der Waals surface area contributed by atoms with Gasteiger partial charge in [0.15, 0.2) is 0 Å². The lowest BCUT2D eigenvalue weighted by molar-refractivity contribution is 0.0466. The molecule has 1 aromatic carbocycles. The first-order valence-electron chi connectivity index (χ1n) is 7.59. The van der Waals surface area contributed by atoms with Crippen LogP contribution in [0.2, 0.25) is 0 Å². The molecule has 116 valence electrons. The Balaban J connectivity index is 1.72. The van der Waals surface area contributed by atoms with Crippen molar-refractivity contribution in [1.82, 2.24) is 19.9 Å². The molecule has 0 saturated carbocycles. The van der Waals surface area contributed by atoms with Gasteiger partial charge in [-0.1, -0.05) is 5.21 Å². The molecule has 2 unspecified atom stereocenters. The summed E-state index contributed by atoms with van der Waals surface area (Å²) in [4.78, 5) is 14.4. The second-order valence-corrected chi connectivity index (χ2v) is 5.79. The van der Waals surface area contributed by atoms with E-state index < -0.39 is 0 Å². The molecule has 1 fully saturated rings. The van der Waals surface area contributed by atoms with E-state index in [0.29, 0.717) is 12.1 Å². The first kappa shape index (κ1) is 14.7. The number of hydrogen-bond donors (Lipinski definition) is 1. The van der Waals surface area contributed by atoms with Crippen LogP contribution in [0, 0.1) is 5.92 Å². The van der Waals surface area contributed by atoms with Crippen LogP contribution in [-0.2, 0) is 0 Å². The molecule has 0 spiro atoms. The van der Waals surface area contributed by atoms with E-state index in [1.807, 2.05) is 29.2 Å². The molecule has 6 heteroatoms. The summed E-state index contributed by atoms with van der Waals surface area (Å²) < 4.78 is 1.65. The van der Waals surface area contributed by atoms with Gasteiger partial charge < -0.3 is 10.0 Å². The van der Waals surface area contributed by atoms with E-state index in [2.05, 4.69) is 10.3 Å². The van der Waals surface area contributed by atoms with E-state index >= 15 is 0 Å². The van der Waals surface area contributed by atoms with Gasteiger partial charge in [-0.3, -0.25) is 4.79 Å². The lowest BCUT2D eigenvalue weighted by atomic mass is 9.93. The van der Waals surface area contributed by atoms with Crippen LogP contribution in [0.15, 0.2) is 36.7 Å². The number of aliphatic hydroxyl groups excluding tert-OH is 1. The summed E-state index contributed by atoms with van der Waals surface area (Å²) >= 11 is 0. The Hall–Kier alpha value is -2.21. The molecule has 0 aliphatic carbocycles. The molecule has 1 saturated heterocycles. The van der Waals surface area contributed by atoms with Crippen molar-refractivity contribution in [2.24, 2.45) is 5.92 Å². The van der Waals surface area contributed by atoms with E-state index in [0.717, 1.165) is 25.1 Å². The lowest BCUT2D eigenvalue weighted by Gasteiger charge is -2.34. The third kappa shape index (κ3) is 3.01. The van der Waals surface area contributed by atoms with Gasteiger partial charge in [-0.25, -0.2) is 4.68 Å². The number of rotatable bonds is 3. The first-order valence-corrected chi connectivity index (χ1v) is 7.59. The van der Waals surface area contributed by atoms with Gasteiger partial charge in [-0.15, -0.1) is 5.10 Å². The highest BCUT2D eigenvalue weighted by Crippen LogP contribution is 2.21. The van der Waals surface area contributed by atoms with Crippen LogP contribution in [0.5, 0.6) is 0 Å². The fourth-order valence-corrected chi connectivity index (χ4v) is 2.87. The number of piperidine rings is 1. The molecular weight excluding hydrogens is 280 g/mol. The van der Waals surface area contributed by atoms with Crippen LogP contribution in [0.1, 0.15) is 30.1 Å². The average Bonchev–Trinajstić information content (AvgIpc) is 3.09. The van der Waals surface area contributed by atoms with Gasteiger partial charge in [0.1, 0.15) is 0 Å². The van der Waals surface area contributed by atoms with Gasteiger partial charge >= 0.3 is 0 Å². The topological polar surface area (TPSA) is 71.2 Å². The van der Waals surface area contributed by atoms with E-state index in [9.17, 15) is 9.90 Å². The Morgan fingerprint density at radius 2 is 2.14 bits per heavy atom. The standard InChI is InChI=1S/C16H20N4O2/c1-12(21)14-3-2-9-19(11-14)16(22)13-4-6-15(7-5-13)20-10-8-17-18-20/h4-8,10,12,14,21H,2-3,9,11H2,1H3. The third-order valence-electron chi connectivity index (χ3n) is 4.23. The molecule has 6 nitrogen and oxygen atoms in total. The fraction of sp³-hybridized carbons (Fsp3) is 0.438. The maximum atomic E-state index is 12.6.